The summed E-state index contributed by atoms with van der Waals surface area (Å²) in [4.78, 5) is 15.9. The molecule has 0 aliphatic carbocycles. The highest BCUT2D eigenvalue weighted by Gasteiger charge is 2.11. The highest BCUT2D eigenvalue weighted by molar-refractivity contribution is 5.95. The quantitative estimate of drug-likeness (QED) is 0.668. The molecule has 0 saturated carbocycles. The number of rotatable bonds is 6. The molecule has 1 atom stereocenters. The van der Waals surface area contributed by atoms with E-state index < -0.39 is 6.10 Å². The van der Waals surface area contributed by atoms with Crippen LogP contribution in [-0.2, 0) is 4.74 Å². The maximum Gasteiger partial charge on any atom is 0.253 e. The van der Waals surface area contributed by atoms with E-state index in [2.05, 4.69) is 10.3 Å². The summed E-state index contributed by atoms with van der Waals surface area (Å²) in [6.07, 6.45) is 1.37. The molecule has 0 spiro atoms. The second kappa shape index (κ2) is 6.93. The molecule has 18 heavy (non-hydrogen) atoms. The number of hydrogen-bond donors (Lipinski definition) is 3. The number of anilines is 1. The topological polar surface area (TPSA) is 97.5 Å². The highest BCUT2D eigenvalue weighted by Crippen LogP contribution is 2.09. The van der Waals surface area contributed by atoms with Crippen molar-refractivity contribution in [3.8, 4) is 0 Å². The van der Waals surface area contributed by atoms with Gasteiger partial charge in [-0.15, -0.1) is 0 Å². The van der Waals surface area contributed by atoms with Crippen LogP contribution in [0.1, 0.15) is 22.5 Å². The van der Waals surface area contributed by atoms with E-state index in [1.165, 1.54) is 13.3 Å². The largest absolute Gasteiger partial charge is 0.397 e. The molecule has 1 heterocycles. The molecule has 6 nitrogen and oxygen atoms in total. The number of methoxy groups -OCH3 is 1. The molecule has 4 N–H and O–H groups in total. The number of carbonyl (C=O) groups is 1. The lowest BCUT2D eigenvalue weighted by Gasteiger charge is -2.11. The summed E-state index contributed by atoms with van der Waals surface area (Å²) in [5, 5.41) is 12.1. The zero-order valence-corrected chi connectivity index (χ0v) is 10.6. The summed E-state index contributed by atoms with van der Waals surface area (Å²) in [7, 11) is 1.52. The zero-order valence-electron chi connectivity index (χ0n) is 10.6. The molecule has 0 bridgehead atoms. The fraction of sp³-hybridized carbons (Fsp3) is 0.500. The Morgan fingerprint density at radius 3 is 3.06 bits per heavy atom. The zero-order chi connectivity index (χ0) is 13.5. The third-order valence-corrected chi connectivity index (χ3v) is 2.47. The second-order valence-corrected chi connectivity index (χ2v) is 4.06. The Balaban J connectivity index is 2.48. The number of aliphatic hydroxyl groups excluding tert-OH is 1. The maximum atomic E-state index is 11.8. The Labute approximate surface area is 106 Å². The molecule has 0 aromatic carbocycles. The van der Waals surface area contributed by atoms with Crippen molar-refractivity contribution in [2.75, 3.05) is 26.0 Å². The van der Waals surface area contributed by atoms with Crippen molar-refractivity contribution in [1.82, 2.24) is 10.3 Å². The van der Waals surface area contributed by atoms with Crippen molar-refractivity contribution in [3.05, 3.63) is 23.5 Å². The average Bonchev–Trinajstić information content (AvgIpc) is 2.32. The van der Waals surface area contributed by atoms with Crippen LogP contribution >= 0.6 is 0 Å². The lowest BCUT2D eigenvalue weighted by Crippen LogP contribution is -2.29. The monoisotopic (exact) mass is 253 g/mol. The van der Waals surface area contributed by atoms with Gasteiger partial charge in [-0.3, -0.25) is 9.78 Å². The summed E-state index contributed by atoms with van der Waals surface area (Å²) >= 11 is 0. The molecule has 0 fully saturated rings. The van der Waals surface area contributed by atoms with Crippen molar-refractivity contribution in [1.29, 1.82) is 0 Å². The number of amides is 1. The highest BCUT2D eigenvalue weighted by atomic mass is 16.5. The van der Waals surface area contributed by atoms with Gasteiger partial charge in [0.2, 0.25) is 0 Å². The van der Waals surface area contributed by atoms with E-state index in [4.69, 9.17) is 10.5 Å². The molecule has 100 valence electrons. The minimum absolute atomic E-state index is 0.239. The van der Waals surface area contributed by atoms with Gasteiger partial charge in [-0.05, 0) is 19.4 Å². The molecule has 1 aromatic heterocycles. The number of nitrogens with two attached hydrogens (primary N) is 1. The Hall–Kier alpha value is -1.66. The smallest absolute Gasteiger partial charge is 0.253 e. The minimum Gasteiger partial charge on any atom is -0.397 e. The standard InChI is InChI=1S/C12H19N3O3/c1-8-11(5-9(13)6-15-8)12(17)14-4-3-10(16)7-18-2/h5-6,10,16H,3-4,7,13H2,1-2H3,(H,14,17). The lowest BCUT2D eigenvalue weighted by molar-refractivity contribution is 0.0587. The van der Waals surface area contributed by atoms with Gasteiger partial charge in [-0.25, -0.2) is 0 Å². The van der Waals surface area contributed by atoms with Gasteiger partial charge in [0.05, 0.1) is 35.9 Å². The van der Waals surface area contributed by atoms with Gasteiger partial charge in [0, 0.05) is 13.7 Å². The fourth-order valence-corrected chi connectivity index (χ4v) is 1.50. The van der Waals surface area contributed by atoms with Gasteiger partial charge in [0.15, 0.2) is 0 Å². The Kier molecular flexibility index (Phi) is 5.54. The van der Waals surface area contributed by atoms with Gasteiger partial charge in [-0.2, -0.15) is 0 Å². The van der Waals surface area contributed by atoms with Crippen LogP contribution in [0, 0.1) is 6.92 Å². The molecule has 1 aromatic rings. The van der Waals surface area contributed by atoms with E-state index in [1.54, 1.807) is 13.0 Å². The summed E-state index contributed by atoms with van der Waals surface area (Å²) in [5.74, 6) is -0.239. The predicted molar refractivity (Wildman–Crippen MR) is 68.2 cm³/mol. The molecule has 6 heteroatoms. The molecule has 1 rings (SSSR count). The number of carbonyl (C=O) groups excluding carboxylic acids is 1. The van der Waals surface area contributed by atoms with Crippen LogP contribution in [0.3, 0.4) is 0 Å². The van der Waals surface area contributed by atoms with Gasteiger partial charge in [0.1, 0.15) is 0 Å². The number of nitrogen functional groups attached to an aromatic ring is 1. The average molecular weight is 253 g/mol. The molecular formula is C12H19N3O3. The van der Waals surface area contributed by atoms with E-state index in [1.807, 2.05) is 0 Å². The van der Waals surface area contributed by atoms with Crippen LogP contribution in [0.15, 0.2) is 12.3 Å². The first-order valence-electron chi connectivity index (χ1n) is 5.72. The van der Waals surface area contributed by atoms with Crippen LogP contribution in [0.4, 0.5) is 5.69 Å². The van der Waals surface area contributed by atoms with Crippen LogP contribution in [0.5, 0.6) is 0 Å². The maximum absolute atomic E-state index is 11.8. The molecule has 0 aliphatic heterocycles. The van der Waals surface area contributed by atoms with E-state index in [0.29, 0.717) is 29.9 Å². The molecule has 1 amide bonds. The first-order valence-corrected chi connectivity index (χ1v) is 5.72. The van der Waals surface area contributed by atoms with Crippen LogP contribution in [-0.4, -0.2) is 42.4 Å². The van der Waals surface area contributed by atoms with Crippen molar-refractivity contribution < 1.29 is 14.6 Å². The van der Waals surface area contributed by atoms with Gasteiger partial charge < -0.3 is 20.9 Å². The molecular weight excluding hydrogens is 234 g/mol. The Morgan fingerprint density at radius 2 is 2.39 bits per heavy atom. The van der Waals surface area contributed by atoms with E-state index in [-0.39, 0.29) is 12.5 Å². The molecule has 0 radical (unpaired) electrons. The first-order chi connectivity index (χ1) is 8.54. The number of aryl methyl sites for hydroxylation is 1. The minimum atomic E-state index is -0.574. The number of aromatic nitrogens is 1. The second-order valence-electron chi connectivity index (χ2n) is 4.06. The number of nitrogens with one attached hydrogen (secondary N) is 1. The number of aliphatic hydroxyl groups is 1. The molecule has 1 unspecified atom stereocenters. The lowest BCUT2D eigenvalue weighted by atomic mass is 10.1. The van der Waals surface area contributed by atoms with Crippen molar-refractivity contribution in [3.63, 3.8) is 0 Å². The Bertz CT molecular complexity index is 410. The van der Waals surface area contributed by atoms with E-state index in [9.17, 15) is 9.90 Å². The van der Waals surface area contributed by atoms with Gasteiger partial charge in [-0.1, -0.05) is 0 Å². The number of hydrogen-bond acceptors (Lipinski definition) is 5. The SMILES string of the molecule is COCC(O)CCNC(=O)c1cc(N)cnc1C. The summed E-state index contributed by atoms with van der Waals surface area (Å²) in [6, 6.07) is 1.59. The number of ether oxygens (including phenoxy) is 1. The first kappa shape index (κ1) is 14.4. The van der Waals surface area contributed by atoms with E-state index in [0.717, 1.165) is 0 Å². The van der Waals surface area contributed by atoms with Crippen LogP contribution < -0.4 is 11.1 Å². The predicted octanol–water partition coefficient (Wildman–Crippen LogP) is 0.0994. The fourth-order valence-electron chi connectivity index (χ4n) is 1.50. The summed E-state index contributed by atoms with van der Waals surface area (Å²) in [5.41, 5.74) is 7.11. The van der Waals surface area contributed by atoms with Crippen molar-refractivity contribution in [2.24, 2.45) is 0 Å². The van der Waals surface area contributed by atoms with Crippen molar-refractivity contribution in [2.45, 2.75) is 19.4 Å². The molecule has 0 aliphatic rings. The van der Waals surface area contributed by atoms with Crippen molar-refractivity contribution >= 4 is 11.6 Å². The van der Waals surface area contributed by atoms with Crippen LogP contribution in [0.25, 0.3) is 0 Å². The van der Waals surface area contributed by atoms with Crippen LogP contribution in [0.2, 0.25) is 0 Å². The van der Waals surface area contributed by atoms with E-state index >= 15 is 0 Å². The third kappa shape index (κ3) is 4.31. The summed E-state index contributed by atoms with van der Waals surface area (Å²) in [6.45, 7) is 2.38. The van der Waals surface area contributed by atoms with Gasteiger partial charge in [0.25, 0.3) is 5.91 Å². The summed E-state index contributed by atoms with van der Waals surface area (Å²) < 4.78 is 4.79. The third-order valence-electron chi connectivity index (χ3n) is 2.47. The number of nitrogens with zero attached hydrogens (tertiary/aromatic N) is 1. The Morgan fingerprint density at radius 1 is 1.67 bits per heavy atom. The molecule has 0 saturated heterocycles. The normalized spacial score (nSPS) is 12.2. The number of pyridine rings is 1. The van der Waals surface area contributed by atoms with Gasteiger partial charge >= 0.3 is 0 Å².